The van der Waals surface area contributed by atoms with Crippen molar-refractivity contribution in [2.24, 2.45) is 0 Å². The molecule has 2 aliphatic rings. The number of aromatic nitrogens is 2. The van der Waals surface area contributed by atoms with Crippen LogP contribution in [0.4, 0.5) is 5.95 Å². The second-order valence-electron chi connectivity index (χ2n) is 7.51. The Kier molecular flexibility index (Phi) is 4.83. The monoisotopic (exact) mass is 334 g/mol. The van der Waals surface area contributed by atoms with E-state index >= 15 is 0 Å². The van der Waals surface area contributed by atoms with E-state index in [4.69, 9.17) is 14.4 Å². The van der Waals surface area contributed by atoms with Gasteiger partial charge in [-0.25, -0.2) is 9.97 Å². The normalized spacial score (nSPS) is 25.5. The standard InChI is InChI=1S/C16H27BN4O3/c1-15(2)16(3,4)24-17(23-15)12-9-19-14(20-10-12)21-7-5-13(11-21)18-6-8-22/h9-10,13,18,22H,5-8,11H2,1-4H3/t13-/m0/s1. The first-order valence-electron chi connectivity index (χ1n) is 8.59. The van der Waals surface area contributed by atoms with Gasteiger partial charge in [0, 0.05) is 43.5 Å². The van der Waals surface area contributed by atoms with Crippen molar-refractivity contribution >= 4 is 18.5 Å². The summed E-state index contributed by atoms with van der Waals surface area (Å²) in [7, 11) is -0.429. The van der Waals surface area contributed by atoms with Gasteiger partial charge in [-0.15, -0.1) is 0 Å². The van der Waals surface area contributed by atoms with Gasteiger partial charge in [-0.05, 0) is 34.1 Å². The quantitative estimate of drug-likeness (QED) is 0.730. The average Bonchev–Trinajstić information content (AvgIpc) is 3.08. The molecule has 2 saturated heterocycles. The van der Waals surface area contributed by atoms with Gasteiger partial charge in [0.2, 0.25) is 5.95 Å². The molecular formula is C16H27BN4O3. The number of hydrogen-bond acceptors (Lipinski definition) is 7. The third-order valence-corrected chi connectivity index (χ3v) is 5.20. The van der Waals surface area contributed by atoms with E-state index in [1.807, 2.05) is 27.7 Å². The second-order valence-corrected chi connectivity index (χ2v) is 7.51. The van der Waals surface area contributed by atoms with E-state index in [0.29, 0.717) is 12.6 Å². The zero-order valence-electron chi connectivity index (χ0n) is 15.0. The molecule has 24 heavy (non-hydrogen) atoms. The first kappa shape index (κ1) is 17.6. The van der Waals surface area contributed by atoms with E-state index in [2.05, 4.69) is 20.2 Å². The molecule has 0 bridgehead atoms. The average molecular weight is 334 g/mol. The van der Waals surface area contributed by atoms with Gasteiger partial charge >= 0.3 is 7.12 Å². The predicted molar refractivity (Wildman–Crippen MR) is 93.5 cm³/mol. The number of rotatable bonds is 5. The zero-order valence-corrected chi connectivity index (χ0v) is 15.0. The van der Waals surface area contributed by atoms with Gasteiger partial charge in [0.05, 0.1) is 17.8 Å². The molecule has 2 N–H and O–H groups in total. The van der Waals surface area contributed by atoms with E-state index in [9.17, 15) is 0 Å². The summed E-state index contributed by atoms with van der Waals surface area (Å²) in [5, 5.41) is 12.2. The van der Waals surface area contributed by atoms with Gasteiger partial charge in [-0.3, -0.25) is 0 Å². The summed E-state index contributed by atoms with van der Waals surface area (Å²) < 4.78 is 12.1. The third kappa shape index (κ3) is 3.42. The molecule has 1 aromatic rings. The Morgan fingerprint density at radius 2 is 1.88 bits per heavy atom. The van der Waals surface area contributed by atoms with Gasteiger partial charge in [0.15, 0.2) is 0 Å². The maximum Gasteiger partial charge on any atom is 0.498 e. The fourth-order valence-corrected chi connectivity index (χ4v) is 2.97. The van der Waals surface area contributed by atoms with Gasteiger partial charge in [-0.2, -0.15) is 0 Å². The van der Waals surface area contributed by atoms with Crippen molar-refractivity contribution in [2.75, 3.05) is 31.1 Å². The van der Waals surface area contributed by atoms with Crippen LogP contribution in [-0.2, 0) is 9.31 Å². The lowest BCUT2D eigenvalue weighted by molar-refractivity contribution is 0.00578. The number of aliphatic hydroxyl groups excluding tert-OH is 1. The first-order chi connectivity index (χ1) is 11.3. The summed E-state index contributed by atoms with van der Waals surface area (Å²) in [5.74, 6) is 0.726. The maximum absolute atomic E-state index is 8.89. The van der Waals surface area contributed by atoms with Crippen LogP contribution in [0.1, 0.15) is 34.1 Å². The van der Waals surface area contributed by atoms with E-state index < -0.39 is 7.12 Å². The zero-order chi connectivity index (χ0) is 17.4. The molecule has 0 saturated carbocycles. The molecule has 0 aliphatic carbocycles. The number of hydrogen-bond donors (Lipinski definition) is 2. The first-order valence-corrected chi connectivity index (χ1v) is 8.59. The Morgan fingerprint density at radius 1 is 1.25 bits per heavy atom. The summed E-state index contributed by atoms with van der Waals surface area (Å²) in [6.45, 7) is 10.7. The summed E-state index contributed by atoms with van der Waals surface area (Å²) >= 11 is 0. The SMILES string of the molecule is CC1(C)OB(c2cnc(N3CC[C@H](NCCO)C3)nc2)OC1(C)C. The second kappa shape index (κ2) is 6.59. The molecular weight excluding hydrogens is 307 g/mol. The van der Waals surface area contributed by atoms with Crippen LogP contribution < -0.4 is 15.7 Å². The summed E-state index contributed by atoms with van der Waals surface area (Å²) in [6, 6.07) is 0.378. The molecule has 1 aromatic heterocycles. The Bertz CT molecular complexity index is 551. The van der Waals surface area contributed by atoms with Crippen molar-refractivity contribution < 1.29 is 14.4 Å². The highest BCUT2D eigenvalue weighted by Crippen LogP contribution is 2.36. The molecule has 3 rings (SSSR count). The van der Waals surface area contributed by atoms with Crippen molar-refractivity contribution in [3.8, 4) is 0 Å². The Labute approximate surface area is 143 Å². The molecule has 2 fully saturated rings. The molecule has 7 nitrogen and oxygen atoms in total. The van der Waals surface area contributed by atoms with E-state index in [0.717, 1.165) is 30.9 Å². The molecule has 1 atom stereocenters. The van der Waals surface area contributed by atoms with Gasteiger partial charge in [-0.1, -0.05) is 0 Å². The summed E-state index contributed by atoms with van der Waals surface area (Å²) in [4.78, 5) is 11.1. The predicted octanol–water partition coefficient (Wildman–Crippen LogP) is -0.0636. The topological polar surface area (TPSA) is 79.7 Å². The number of nitrogens with zero attached hydrogens (tertiary/aromatic N) is 3. The van der Waals surface area contributed by atoms with Crippen LogP contribution in [0.15, 0.2) is 12.4 Å². The minimum atomic E-state index is -0.429. The van der Waals surface area contributed by atoms with Gasteiger partial charge < -0.3 is 24.6 Å². The molecule has 8 heteroatoms. The maximum atomic E-state index is 8.89. The van der Waals surface area contributed by atoms with Crippen LogP contribution in [0.25, 0.3) is 0 Å². The summed E-state index contributed by atoms with van der Waals surface area (Å²) in [5.41, 5.74) is 0.111. The van der Waals surface area contributed by atoms with Crippen LogP contribution in [0, 0.1) is 0 Å². The lowest BCUT2D eigenvalue weighted by atomic mass is 9.81. The Morgan fingerprint density at radius 3 is 2.46 bits per heavy atom. The van der Waals surface area contributed by atoms with Crippen LogP contribution >= 0.6 is 0 Å². The number of anilines is 1. The Balaban J connectivity index is 1.63. The molecule has 0 spiro atoms. The minimum absolute atomic E-state index is 0.162. The van der Waals surface area contributed by atoms with E-state index in [1.165, 1.54) is 0 Å². The number of nitrogens with one attached hydrogen (secondary N) is 1. The van der Waals surface area contributed by atoms with Crippen LogP contribution in [0.2, 0.25) is 0 Å². The molecule has 0 unspecified atom stereocenters. The highest BCUT2D eigenvalue weighted by Gasteiger charge is 2.52. The van der Waals surface area contributed by atoms with Gasteiger partial charge in [0.1, 0.15) is 0 Å². The van der Waals surface area contributed by atoms with Crippen molar-refractivity contribution in [3.05, 3.63) is 12.4 Å². The molecule has 0 radical (unpaired) electrons. The molecule has 132 valence electrons. The van der Waals surface area contributed by atoms with E-state index in [-0.39, 0.29) is 17.8 Å². The van der Waals surface area contributed by atoms with E-state index in [1.54, 1.807) is 12.4 Å². The third-order valence-electron chi connectivity index (χ3n) is 5.20. The lowest BCUT2D eigenvalue weighted by Gasteiger charge is -2.32. The minimum Gasteiger partial charge on any atom is -0.399 e. The largest absolute Gasteiger partial charge is 0.498 e. The smallest absolute Gasteiger partial charge is 0.399 e. The van der Waals surface area contributed by atoms with Crippen molar-refractivity contribution in [1.29, 1.82) is 0 Å². The summed E-state index contributed by atoms with van der Waals surface area (Å²) in [6.07, 6.45) is 4.61. The highest BCUT2D eigenvalue weighted by molar-refractivity contribution is 6.61. The molecule has 0 aromatic carbocycles. The van der Waals surface area contributed by atoms with Gasteiger partial charge in [0.25, 0.3) is 0 Å². The molecule has 3 heterocycles. The molecule has 0 amide bonds. The lowest BCUT2D eigenvalue weighted by Crippen LogP contribution is -2.41. The van der Waals surface area contributed by atoms with Crippen LogP contribution in [0.3, 0.4) is 0 Å². The number of aliphatic hydroxyl groups is 1. The fraction of sp³-hybridized carbons (Fsp3) is 0.750. The van der Waals surface area contributed by atoms with Crippen LogP contribution in [0.5, 0.6) is 0 Å². The molecule has 2 aliphatic heterocycles. The highest BCUT2D eigenvalue weighted by atomic mass is 16.7. The fourth-order valence-electron chi connectivity index (χ4n) is 2.97. The van der Waals surface area contributed by atoms with Crippen LogP contribution in [-0.4, -0.2) is 65.7 Å². The Hall–Kier alpha value is -1.22. The van der Waals surface area contributed by atoms with Crippen molar-refractivity contribution in [2.45, 2.75) is 51.4 Å². The van der Waals surface area contributed by atoms with Crippen molar-refractivity contribution in [1.82, 2.24) is 15.3 Å². The van der Waals surface area contributed by atoms with Crippen molar-refractivity contribution in [3.63, 3.8) is 0 Å².